The molecule has 3 N–H and O–H groups in total. The molecule has 1 fully saturated rings. The minimum absolute atomic E-state index is 0.199. The summed E-state index contributed by atoms with van der Waals surface area (Å²) in [5.41, 5.74) is -0.496. The molecule has 0 heterocycles. The van der Waals surface area contributed by atoms with Crippen molar-refractivity contribution in [3.05, 3.63) is 0 Å². The lowest BCUT2D eigenvalue weighted by Gasteiger charge is -2.32. The number of alkyl carbamates (subject to hydrolysis) is 1. The third-order valence-corrected chi connectivity index (χ3v) is 3.10. The van der Waals surface area contributed by atoms with E-state index in [2.05, 4.69) is 5.32 Å². The quantitative estimate of drug-likeness (QED) is 0.689. The monoisotopic (exact) mass is 289 g/mol. The van der Waals surface area contributed by atoms with Crippen molar-refractivity contribution in [1.82, 2.24) is 5.32 Å². The Morgan fingerprint density at radius 2 is 1.95 bits per heavy atom. The Morgan fingerprint density at radius 1 is 1.45 bits per heavy atom. The summed E-state index contributed by atoms with van der Waals surface area (Å²) in [7, 11) is 0. The van der Waals surface area contributed by atoms with Crippen molar-refractivity contribution >= 4 is 12.6 Å². The summed E-state index contributed by atoms with van der Waals surface area (Å²) >= 11 is 0. The third kappa shape index (κ3) is 8.74. The molecule has 6 nitrogen and oxygen atoms in total. The van der Waals surface area contributed by atoms with Gasteiger partial charge in [-0.2, -0.15) is 0 Å². The van der Waals surface area contributed by atoms with Gasteiger partial charge < -0.3 is 20.3 Å². The highest BCUT2D eigenvalue weighted by Crippen LogP contribution is 2.31. The van der Waals surface area contributed by atoms with Gasteiger partial charge in [-0.3, -0.25) is 4.79 Å². The Morgan fingerprint density at radius 3 is 2.25 bits per heavy atom. The number of aliphatic hydroxyl groups excluding tert-OH is 1. The van der Waals surface area contributed by atoms with Gasteiger partial charge in [-0.25, -0.2) is 4.79 Å². The molecule has 1 aliphatic rings. The zero-order valence-corrected chi connectivity index (χ0v) is 12.8. The third-order valence-electron chi connectivity index (χ3n) is 3.10. The number of carbonyl (C=O) groups is 2. The van der Waals surface area contributed by atoms with E-state index in [0.717, 1.165) is 6.42 Å². The van der Waals surface area contributed by atoms with Crippen LogP contribution in [-0.4, -0.2) is 40.5 Å². The highest BCUT2D eigenvalue weighted by molar-refractivity contribution is 5.68. The molecule has 0 aromatic heterocycles. The van der Waals surface area contributed by atoms with Gasteiger partial charge in [0.15, 0.2) is 0 Å². The smallest absolute Gasteiger partial charge is 0.407 e. The first-order valence-corrected chi connectivity index (χ1v) is 6.95. The van der Waals surface area contributed by atoms with Crippen LogP contribution in [0.4, 0.5) is 4.79 Å². The van der Waals surface area contributed by atoms with Crippen molar-refractivity contribution in [1.29, 1.82) is 0 Å². The molecule has 118 valence electrons. The Balaban J connectivity index is 0.00000110. The van der Waals surface area contributed by atoms with E-state index in [-0.39, 0.29) is 12.5 Å². The molecule has 0 aromatic rings. The Kier molecular flexibility index (Phi) is 8.22. The van der Waals surface area contributed by atoms with Crippen LogP contribution < -0.4 is 5.32 Å². The highest BCUT2D eigenvalue weighted by Gasteiger charge is 2.27. The summed E-state index contributed by atoms with van der Waals surface area (Å²) in [6.45, 7) is 6.95. The topological polar surface area (TPSA) is 95.9 Å². The van der Waals surface area contributed by atoms with Gasteiger partial charge in [-0.1, -0.05) is 19.3 Å². The van der Waals surface area contributed by atoms with Crippen molar-refractivity contribution in [3.8, 4) is 0 Å². The molecule has 20 heavy (non-hydrogen) atoms. The number of hydrogen-bond acceptors (Lipinski definition) is 4. The van der Waals surface area contributed by atoms with Crippen LogP contribution in [0.15, 0.2) is 0 Å². The maximum absolute atomic E-state index is 11.6. The van der Waals surface area contributed by atoms with E-state index in [1.807, 2.05) is 20.8 Å². The van der Waals surface area contributed by atoms with E-state index in [1.54, 1.807) is 6.92 Å². The lowest BCUT2D eigenvalue weighted by atomic mass is 9.80. The van der Waals surface area contributed by atoms with Crippen LogP contribution in [0.25, 0.3) is 0 Å². The van der Waals surface area contributed by atoms with Crippen LogP contribution in [0.5, 0.6) is 0 Å². The summed E-state index contributed by atoms with van der Waals surface area (Å²) < 4.78 is 5.19. The van der Waals surface area contributed by atoms with Crippen molar-refractivity contribution in [3.63, 3.8) is 0 Å². The van der Waals surface area contributed by atoms with Crippen LogP contribution in [0.2, 0.25) is 0 Å². The Labute approximate surface area is 120 Å². The van der Waals surface area contributed by atoms with Crippen molar-refractivity contribution in [2.45, 2.75) is 71.1 Å². The van der Waals surface area contributed by atoms with Crippen LogP contribution >= 0.6 is 0 Å². The fraction of sp³-hybridized carbons (Fsp3) is 0.857. The zero-order chi connectivity index (χ0) is 15.8. The molecule has 0 spiro atoms. The second kappa shape index (κ2) is 8.79. The molecule has 2 atom stereocenters. The highest BCUT2D eigenvalue weighted by atomic mass is 16.6. The van der Waals surface area contributed by atoms with E-state index in [4.69, 9.17) is 14.6 Å². The van der Waals surface area contributed by atoms with E-state index in [1.165, 1.54) is 19.3 Å². The molecule has 0 saturated heterocycles. The molecule has 1 amide bonds. The first kappa shape index (κ1) is 18.7. The largest absolute Gasteiger partial charge is 0.483 e. The minimum Gasteiger partial charge on any atom is -0.483 e. The van der Waals surface area contributed by atoms with Gasteiger partial charge in [0.25, 0.3) is 6.47 Å². The van der Waals surface area contributed by atoms with Gasteiger partial charge in [0.1, 0.15) is 5.60 Å². The average Bonchev–Trinajstić information content (AvgIpc) is 2.19. The first-order chi connectivity index (χ1) is 9.19. The molecule has 0 bridgehead atoms. The van der Waals surface area contributed by atoms with Gasteiger partial charge in [-0.15, -0.1) is 0 Å². The van der Waals surface area contributed by atoms with Crippen LogP contribution in [0, 0.1) is 5.92 Å². The number of carboxylic acid groups (broad SMARTS) is 1. The molecule has 0 aliphatic heterocycles. The molecule has 6 heteroatoms. The number of rotatable bonds is 4. The SMILES string of the molecule is CC(O)C(CC1CCC1)NC(=O)OC(C)(C)C.O=CO. The fourth-order valence-electron chi connectivity index (χ4n) is 1.92. The maximum Gasteiger partial charge on any atom is 0.407 e. The molecule has 2 unspecified atom stereocenters. The predicted molar refractivity (Wildman–Crippen MR) is 75.5 cm³/mol. The number of nitrogens with one attached hydrogen (secondary N) is 1. The second-order valence-electron chi connectivity index (χ2n) is 6.13. The molecule has 0 radical (unpaired) electrons. The minimum atomic E-state index is -0.539. The first-order valence-electron chi connectivity index (χ1n) is 6.95. The zero-order valence-electron chi connectivity index (χ0n) is 12.8. The number of hydrogen-bond donors (Lipinski definition) is 3. The lowest BCUT2D eigenvalue weighted by molar-refractivity contribution is -0.122. The summed E-state index contributed by atoms with van der Waals surface area (Å²) in [6.07, 6.45) is 3.55. The van der Waals surface area contributed by atoms with Crippen molar-refractivity contribution < 1.29 is 24.5 Å². The van der Waals surface area contributed by atoms with Crippen molar-refractivity contribution in [2.75, 3.05) is 0 Å². The standard InChI is InChI=1S/C13H25NO3.CH2O2/c1-9(15)11(8-10-6-5-7-10)14-12(16)17-13(2,3)4;2-1-3/h9-11,15H,5-8H2,1-4H3,(H,14,16);1H,(H,2,3). The number of aliphatic hydroxyl groups is 1. The van der Waals surface area contributed by atoms with Crippen LogP contribution in [0.1, 0.15) is 53.4 Å². The molecule has 1 aliphatic carbocycles. The van der Waals surface area contributed by atoms with Gasteiger partial charge in [0.2, 0.25) is 0 Å². The molecule has 1 saturated carbocycles. The van der Waals surface area contributed by atoms with Crippen molar-refractivity contribution in [2.24, 2.45) is 5.92 Å². The van der Waals surface area contributed by atoms with Gasteiger partial charge in [0.05, 0.1) is 12.1 Å². The molecular weight excluding hydrogens is 262 g/mol. The number of carbonyl (C=O) groups excluding carboxylic acids is 1. The van der Waals surface area contributed by atoms with Gasteiger partial charge in [0, 0.05) is 0 Å². The molecule has 0 aromatic carbocycles. The van der Waals surface area contributed by atoms with Gasteiger partial charge in [-0.05, 0) is 40.0 Å². The fourth-order valence-corrected chi connectivity index (χ4v) is 1.92. The van der Waals surface area contributed by atoms with Crippen LogP contribution in [0.3, 0.4) is 0 Å². The normalized spacial score (nSPS) is 17.9. The molecular formula is C14H27NO5. The summed E-state index contributed by atoms with van der Waals surface area (Å²) in [5.74, 6) is 0.643. The van der Waals surface area contributed by atoms with E-state index < -0.39 is 17.8 Å². The maximum atomic E-state index is 11.6. The average molecular weight is 289 g/mol. The summed E-state index contributed by atoms with van der Waals surface area (Å²) in [5, 5.41) is 19.3. The molecule has 1 rings (SSSR count). The lowest BCUT2D eigenvalue weighted by Crippen LogP contribution is -2.46. The summed E-state index contributed by atoms with van der Waals surface area (Å²) in [4.78, 5) is 20.0. The second-order valence-corrected chi connectivity index (χ2v) is 6.13. The van der Waals surface area contributed by atoms with Crippen LogP contribution in [-0.2, 0) is 9.53 Å². The number of amides is 1. The summed E-state index contributed by atoms with van der Waals surface area (Å²) in [6, 6.07) is -0.199. The van der Waals surface area contributed by atoms with E-state index in [9.17, 15) is 9.90 Å². The van der Waals surface area contributed by atoms with E-state index >= 15 is 0 Å². The Hall–Kier alpha value is -1.30. The van der Waals surface area contributed by atoms with E-state index in [0.29, 0.717) is 5.92 Å². The number of ether oxygens (including phenoxy) is 1. The predicted octanol–water partition coefficient (Wildman–Crippen LogP) is 2.15. The van der Waals surface area contributed by atoms with Gasteiger partial charge >= 0.3 is 6.09 Å². The Bertz CT molecular complexity index is 294.